The first-order valence-electron chi connectivity index (χ1n) is 9.75. The summed E-state index contributed by atoms with van der Waals surface area (Å²) in [5.41, 5.74) is 1.29. The van der Waals surface area contributed by atoms with Crippen LogP contribution in [0.15, 0.2) is 6.07 Å². The average molecular weight is 375 g/mol. The number of carbonyl (C=O) groups excluding carboxylic acids is 2. The van der Waals surface area contributed by atoms with E-state index in [0.717, 1.165) is 38.2 Å². The zero-order chi connectivity index (χ0) is 19.4. The number of amides is 2. The van der Waals surface area contributed by atoms with Crippen LogP contribution in [0.5, 0.6) is 0 Å². The van der Waals surface area contributed by atoms with Gasteiger partial charge in [0.2, 0.25) is 0 Å². The van der Waals surface area contributed by atoms with Gasteiger partial charge in [-0.3, -0.25) is 9.69 Å². The lowest BCUT2D eigenvalue weighted by Gasteiger charge is -2.43. The second-order valence-corrected chi connectivity index (χ2v) is 7.21. The van der Waals surface area contributed by atoms with Gasteiger partial charge in [0.05, 0.1) is 6.61 Å². The molecule has 2 aliphatic heterocycles. The van der Waals surface area contributed by atoms with Crippen molar-refractivity contribution in [2.24, 2.45) is 0 Å². The number of piperidine rings is 1. The molecule has 0 spiro atoms. The SMILES string of the molecule is CCOC(=O)N1CCN([C@H]2CCCN(C(=O)c3cc(C)nc(C)n3)C2)CC1. The van der Waals surface area contributed by atoms with Crippen molar-refractivity contribution in [3.63, 3.8) is 0 Å². The smallest absolute Gasteiger partial charge is 0.409 e. The molecule has 0 N–H and O–H groups in total. The highest BCUT2D eigenvalue weighted by Gasteiger charge is 2.32. The number of rotatable bonds is 3. The number of likely N-dealkylation sites (tertiary alicyclic amines) is 1. The predicted molar refractivity (Wildman–Crippen MR) is 101 cm³/mol. The van der Waals surface area contributed by atoms with Crippen molar-refractivity contribution in [2.75, 3.05) is 45.9 Å². The quantitative estimate of drug-likeness (QED) is 0.796. The van der Waals surface area contributed by atoms with Crippen LogP contribution in [-0.4, -0.2) is 88.6 Å². The molecule has 8 nitrogen and oxygen atoms in total. The first-order valence-corrected chi connectivity index (χ1v) is 9.75. The lowest BCUT2D eigenvalue weighted by molar-refractivity contribution is 0.0375. The summed E-state index contributed by atoms with van der Waals surface area (Å²) in [6.07, 6.45) is 1.83. The van der Waals surface area contributed by atoms with E-state index in [1.807, 2.05) is 25.7 Å². The van der Waals surface area contributed by atoms with E-state index < -0.39 is 0 Å². The molecule has 0 aliphatic carbocycles. The Balaban J connectivity index is 1.58. The van der Waals surface area contributed by atoms with E-state index in [2.05, 4.69) is 14.9 Å². The highest BCUT2D eigenvalue weighted by molar-refractivity contribution is 5.92. The van der Waals surface area contributed by atoms with Crippen molar-refractivity contribution in [1.82, 2.24) is 24.7 Å². The molecule has 0 unspecified atom stereocenters. The molecule has 8 heteroatoms. The molecule has 2 saturated heterocycles. The van der Waals surface area contributed by atoms with Gasteiger partial charge in [0.25, 0.3) is 5.91 Å². The number of carbonyl (C=O) groups is 2. The Labute approximate surface area is 160 Å². The summed E-state index contributed by atoms with van der Waals surface area (Å²) in [7, 11) is 0. The van der Waals surface area contributed by atoms with Gasteiger partial charge in [-0.25, -0.2) is 14.8 Å². The Morgan fingerprint density at radius 2 is 1.85 bits per heavy atom. The van der Waals surface area contributed by atoms with Crippen LogP contribution in [0.25, 0.3) is 0 Å². The van der Waals surface area contributed by atoms with Gasteiger partial charge in [0.1, 0.15) is 11.5 Å². The highest BCUT2D eigenvalue weighted by atomic mass is 16.6. The molecule has 3 heterocycles. The molecule has 2 amide bonds. The van der Waals surface area contributed by atoms with Crippen molar-refractivity contribution in [3.05, 3.63) is 23.3 Å². The van der Waals surface area contributed by atoms with Crippen molar-refractivity contribution >= 4 is 12.0 Å². The second-order valence-electron chi connectivity index (χ2n) is 7.21. The van der Waals surface area contributed by atoms with Crippen LogP contribution < -0.4 is 0 Å². The largest absolute Gasteiger partial charge is 0.450 e. The number of hydrogen-bond acceptors (Lipinski definition) is 6. The Kier molecular flexibility index (Phi) is 6.26. The molecule has 148 valence electrons. The summed E-state index contributed by atoms with van der Waals surface area (Å²) >= 11 is 0. The van der Waals surface area contributed by atoms with Crippen LogP contribution in [-0.2, 0) is 4.74 Å². The van der Waals surface area contributed by atoms with E-state index in [1.54, 1.807) is 11.0 Å². The average Bonchev–Trinajstić information content (AvgIpc) is 2.67. The number of ether oxygens (including phenoxy) is 1. The van der Waals surface area contributed by atoms with Crippen LogP contribution in [0.3, 0.4) is 0 Å². The van der Waals surface area contributed by atoms with Crippen molar-refractivity contribution in [1.29, 1.82) is 0 Å². The third kappa shape index (κ3) is 4.74. The fraction of sp³-hybridized carbons (Fsp3) is 0.684. The minimum absolute atomic E-state index is 0.0153. The van der Waals surface area contributed by atoms with Gasteiger partial charge in [-0.2, -0.15) is 0 Å². The molecule has 2 aliphatic rings. The lowest BCUT2D eigenvalue weighted by atomic mass is 10.0. The van der Waals surface area contributed by atoms with Crippen LogP contribution >= 0.6 is 0 Å². The summed E-state index contributed by atoms with van der Waals surface area (Å²) in [5, 5.41) is 0. The number of piperazine rings is 1. The molecule has 0 saturated carbocycles. The molecule has 2 fully saturated rings. The summed E-state index contributed by atoms with van der Waals surface area (Å²) < 4.78 is 5.08. The van der Waals surface area contributed by atoms with Crippen molar-refractivity contribution < 1.29 is 14.3 Å². The minimum Gasteiger partial charge on any atom is -0.450 e. The van der Waals surface area contributed by atoms with E-state index >= 15 is 0 Å². The van der Waals surface area contributed by atoms with Crippen LogP contribution in [0.1, 0.15) is 41.8 Å². The number of nitrogens with zero attached hydrogens (tertiary/aromatic N) is 5. The van der Waals surface area contributed by atoms with E-state index in [4.69, 9.17) is 4.74 Å². The Hall–Kier alpha value is -2.22. The Morgan fingerprint density at radius 1 is 1.11 bits per heavy atom. The second kappa shape index (κ2) is 8.65. The van der Waals surface area contributed by atoms with E-state index in [9.17, 15) is 9.59 Å². The summed E-state index contributed by atoms with van der Waals surface area (Å²) in [6, 6.07) is 2.09. The van der Waals surface area contributed by atoms with Gasteiger partial charge in [0.15, 0.2) is 0 Å². The third-order valence-electron chi connectivity index (χ3n) is 5.23. The molecule has 0 bridgehead atoms. The molecule has 27 heavy (non-hydrogen) atoms. The van der Waals surface area contributed by atoms with Crippen molar-refractivity contribution in [2.45, 2.75) is 39.7 Å². The van der Waals surface area contributed by atoms with Crippen LogP contribution in [0.2, 0.25) is 0 Å². The van der Waals surface area contributed by atoms with E-state index in [0.29, 0.717) is 43.8 Å². The van der Waals surface area contributed by atoms with E-state index in [-0.39, 0.29) is 12.0 Å². The number of hydrogen-bond donors (Lipinski definition) is 0. The lowest BCUT2D eigenvalue weighted by Crippen LogP contribution is -2.56. The predicted octanol–water partition coefficient (Wildman–Crippen LogP) is 1.47. The molecule has 1 atom stereocenters. The standard InChI is InChI=1S/C19H29N5O3/c1-4-27-19(26)23-10-8-22(9-11-23)16-6-5-7-24(13-16)18(25)17-12-14(2)20-15(3)21-17/h12,16H,4-11,13H2,1-3H3/t16-/m0/s1. The number of aromatic nitrogens is 2. The van der Waals surface area contributed by atoms with Gasteiger partial charge in [-0.15, -0.1) is 0 Å². The van der Waals surface area contributed by atoms with E-state index in [1.165, 1.54) is 0 Å². The molecule has 1 aromatic heterocycles. The Bertz CT molecular complexity index is 668. The summed E-state index contributed by atoms with van der Waals surface area (Å²) in [5.74, 6) is 0.612. The minimum atomic E-state index is -0.230. The van der Waals surface area contributed by atoms with Gasteiger partial charge < -0.3 is 14.5 Å². The first-order chi connectivity index (χ1) is 13.0. The van der Waals surface area contributed by atoms with Gasteiger partial charge in [-0.1, -0.05) is 0 Å². The molecule has 1 aromatic rings. The third-order valence-corrected chi connectivity index (χ3v) is 5.23. The summed E-state index contributed by atoms with van der Waals surface area (Å²) in [6.45, 7) is 10.4. The zero-order valence-electron chi connectivity index (χ0n) is 16.5. The van der Waals surface area contributed by atoms with Crippen LogP contribution in [0, 0.1) is 13.8 Å². The normalized spacial score (nSPS) is 21.2. The molecular formula is C19H29N5O3. The van der Waals surface area contributed by atoms with Crippen molar-refractivity contribution in [3.8, 4) is 0 Å². The van der Waals surface area contributed by atoms with Gasteiger partial charge in [0, 0.05) is 51.0 Å². The van der Waals surface area contributed by atoms with Gasteiger partial charge in [-0.05, 0) is 39.7 Å². The molecule has 0 aromatic carbocycles. The zero-order valence-corrected chi connectivity index (χ0v) is 16.5. The monoisotopic (exact) mass is 375 g/mol. The van der Waals surface area contributed by atoms with Crippen LogP contribution in [0.4, 0.5) is 4.79 Å². The number of aryl methyl sites for hydroxylation is 2. The maximum absolute atomic E-state index is 12.9. The topological polar surface area (TPSA) is 78.9 Å². The van der Waals surface area contributed by atoms with Gasteiger partial charge >= 0.3 is 6.09 Å². The molecule has 0 radical (unpaired) electrons. The fourth-order valence-corrected chi connectivity index (χ4v) is 3.91. The summed E-state index contributed by atoms with van der Waals surface area (Å²) in [4.78, 5) is 39.4. The maximum atomic E-state index is 12.9. The fourth-order valence-electron chi connectivity index (χ4n) is 3.91. The molecule has 3 rings (SSSR count). The Morgan fingerprint density at radius 3 is 2.52 bits per heavy atom. The molecular weight excluding hydrogens is 346 g/mol. The highest BCUT2D eigenvalue weighted by Crippen LogP contribution is 2.19. The first kappa shape index (κ1) is 19.5. The maximum Gasteiger partial charge on any atom is 0.409 e.